The van der Waals surface area contributed by atoms with Gasteiger partial charge in [-0.05, 0) is 34.6 Å². The van der Waals surface area contributed by atoms with Gasteiger partial charge in [0.15, 0.2) is 11.1 Å². The summed E-state index contributed by atoms with van der Waals surface area (Å²) < 4.78 is 25.8. The van der Waals surface area contributed by atoms with E-state index in [4.69, 9.17) is 9.47 Å². The van der Waals surface area contributed by atoms with E-state index >= 15 is 4.39 Å². The smallest absolute Gasteiger partial charge is 0.410 e. The number of halogens is 1. The molecule has 0 bridgehead atoms. The van der Waals surface area contributed by atoms with Crippen molar-refractivity contribution in [1.29, 1.82) is 0 Å². The Morgan fingerprint density at radius 2 is 1.86 bits per heavy atom. The number of hydrogen-bond donors (Lipinski definition) is 1. The molecule has 0 spiro atoms. The number of alkyl halides is 1. The summed E-state index contributed by atoms with van der Waals surface area (Å²) in [6.45, 7) is 7.25. The van der Waals surface area contributed by atoms with Gasteiger partial charge in [0.2, 0.25) is 0 Å². The van der Waals surface area contributed by atoms with Crippen LogP contribution in [0.3, 0.4) is 0 Å². The summed E-state index contributed by atoms with van der Waals surface area (Å²) in [6, 6.07) is 0. The van der Waals surface area contributed by atoms with E-state index in [2.05, 4.69) is 0 Å². The number of carbonyl (C=O) groups excluding carboxylic acids is 1. The molecule has 2 saturated heterocycles. The first-order valence-electron chi connectivity index (χ1n) is 6.89. The number of hydrogen-bond acceptors (Lipinski definition) is 4. The Kier molecular flexibility index (Phi) is 3.29. The topological polar surface area (TPSA) is 76.1 Å². The summed E-state index contributed by atoms with van der Waals surface area (Å²) >= 11 is 0. The summed E-state index contributed by atoms with van der Waals surface area (Å²) in [5, 5.41) is 9.61. The van der Waals surface area contributed by atoms with Crippen LogP contribution in [0.15, 0.2) is 0 Å². The van der Waals surface area contributed by atoms with Crippen molar-refractivity contribution in [3.8, 4) is 0 Å². The summed E-state index contributed by atoms with van der Waals surface area (Å²) in [5.74, 6) is -1.29. The highest BCUT2D eigenvalue weighted by Crippen LogP contribution is 2.56. The largest absolute Gasteiger partial charge is 0.481 e. The van der Waals surface area contributed by atoms with Gasteiger partial charge < -0.3 is 19.5 Å². The van der Waals surface area contributed by atoms with Crippen molar-refractivity contribution < 1.29 is 28.6 Å². The van der Waals surface area contributed by atoms with Gasteiger partial charge >= 0.3 is 12.1 Å². The fraction of sp³-hybridized carbons (Fsp3) is 0.857. The lowest BCUT2D eigenvalue weighted by molar-refractivity contribution is -0.162. The van der Waals surface area contributed by atoms with Crippen molar-refractivity contribution in [2.24, 2.45) is 5.41 Å². The molecule has 2 aliphatic rings. The third-order valence-electron chi connectivity index (χ3n) is 4.34. The maximum atomic E-state index is 15.2. The zero-order valence-corrected chi connectivity index (χ0v) is 13.0. The third-order valence-corrected chi connectivity index (χ3v) is 4.34. The van der Waals surface area contributed by atoms with Crippen LogP contribution in [-0.4, -0.2) is 58.6 Å². The summed E-state index contributed by atoms with van der Waals surface area (Å²) in [7, 11) is 0. The van der Waals surface area contributed by atoms with E-state index < -0.39 is 34.3 Å². The highest BCUT2D eigenvalue weighted by atomic mass is 19.1. The minimum Gasteiger partial charge on any atom is -0.481 e. The molecular formula is C14H22FNO5. The van der Waals surface area contributed by atoms with Crippen molar-refractivity contribution in [2.75, 3.05) is 19.7 Å². The van der Waals surface area contributed by atoms with Gasteiger partial charge in [-0.1, -0.05) is 0 Å². The predicted octanol–water partition coefficient (Wildman–Crippen LogP) is 1.83. The average molecular weight is 303 g/mol. The second kappa shape index (κ2) is 4.32. The summed E-state index contributed by atoms with van der Waals surface area (Å²) in [6.07, 6.45) is -0.703. The van der Waals surface area contributed by atoms with Crippen molar-refractivity contribution in [3.05, 3.63) is 0 Å². The van der Waals surface area contributed by atoms with Gasteiger partial charge in [0.05, 0.1) is 18.8 Å². The van der Waals surface area contributed by atoms with Crippen LogP contribution in [0.2, 0.25) is 0 Å². The van der Waals surface area contributed by atoms with E-state index in [0.717, 1.165) is 4.90 Å². The lowest BCUT2D eigenvalue weighted by Gasteiger charge is -2.36. The van der Waals surface area contributed by atoms with Crippen LogP contribution in [0, 0.1) is 5.41 Å². The molecule has 2 atom stereocenters. The molecule has 0 saturated carbocycles. The first-order chi connectivity index (χ1) is 9.35. The number of likely N-dealkylation sites (tertiary alicyclic amines) is 1. The van der Waals surface area contributed by atoms with E-state index in [1.165, 1.54) is 0 Å². The van der Waals surface area contributed by atoms with Crippen molar-refractivity contribution in [2.45, 2.75) is 51.5 Å². The number of carboxylic acid groups (broad SMARTS) is 1. The number of nitrogens with zero attached hydrogens (tertiary/aromatic N) is 1. The van der Waals surface area contributed by atoms with Gasteiger partial charge in [-0.25, -0.2) is 9.18 Å². The standard InChI is InChI=1S/C14H22FNO5/c1-11(2,3)21-10(19)16-6-13(15)8-20-12(4,5)14(13,7-16)9(17)18/h6-8H2,1-5H3,(H,17,18)/t13-,14+/m1/s1. The second-order valence-electron chi connectivity index (χ2n) is 7.31. The SMILES string of the molecule is CC(C)(C)OC(=O)N1C[C@@]2(F)COC(C)(C)[C@@]2(C(=O)O)C1. The fourth-order valence-corrected chi connectivity index (χ4v) is 3.21. The molecular weight excluding hydrogens is 281 g/mol. The monoisotopic (exact) mass is 303 g/mol. The quantitative estimate of drug-likeness (QED) is 0.799. The van der Waals surface area contributed by atoms with E-state index in [9.17, 15) is 14.7 Å². The molecule has 2 heterocycles. The molecule has 21 heavy (non-hydrogen) atoms. The van der Waals surface area contributed by atoms with Crippen LogP contribution in [0.5, 0.6) is 0 Å². The number of amides is 1. The molecule has 0 unspecified atom stereocenters. The van der Waals surface area contributed by atoms with Crippen molar-refractivity contribution in [1.82, 2.24) is 4.90 Å². The molecule has 0 aliphatic carbocycles. The van der Waals surface area contributed by atoms with Crippen LogP contribution < -0.4 is 0 Å². The molecule has 2 aliphatic heterocycles. The minimum atomic E-state index is -2.11. The second-order valence-corrected chi connectivity index (χ2v) is 7.31. The van der Waals surface area contributed by atoms with Gasteiger partial charge in [0.25, 0.3) is 0 Å². The minimum absolute atomic E-state index is 0.263. The van der Waals surface area contributed by atoms with Gasteiger partial charge in [-0.3, -0.25) is 4.79 Å². The average Bonchev–Trinajstić information content (AvgIpc) is 2.69. The zero-order chi connectivity index (χ0) is 16.3. The zero-order valence-electron chi connectivity index (χ0n) is 13.0. The number of fused-ring (bicyclic) bond motifs is 1. The van der Waals surface area contributed by atoms with Crippen LogP contribution in [0.1, 0.15) is 34.6 Å². The summed E-state index contributed by atoms with van der Waals surface area (Å²) in [5.41, 5.74) is -5.82. The van der Waals surface area contributed by atoms with Gasteiger partial charge in [-0.2, -0.15) is 0 Å². The summed E-state index contributed by atoms with van der Waals surface area (Å²) in [4.78, 5) is 25.0. The molecule has 0 radical (unpaired) electrons. The van der Waals surface area contributed by atoms with E-state index in [0.29, 0.717) is 0 Å². The van der Waals surface area contributed by atoms with Crippen molar-refractivity contribution in [3.63, 3.8) is 0 Å². The Morgan fingerprint density at radius 3 is 2.29 bits per heavy atom. The number of aliphatic carboxylic acids is 1. The van der Waals surface area contributed by atoms with Crippen molar-refractivity contribution >= 4 is 12.1 Å². The molecule has 6 nitrogen and oxygen atoms in total. The first kappa shape index (κ1) is 16.0. The van der Waals surface area contributed by atoms with Gasteiger partial charge in [0, 0.05) is 6.54 Å². The van der Waals surface area contributed by atoms with Crippen LogP contribution in [-0.2, 0) is 14.3 Å². The lowest BCUT2D eigenvalue weighted by atomic mass is 9.67. The fourth-order valence-electron chi connectivity index (χ4n) is 3.21. The number of ether oxygens (including phenoxy) is 2. The molecule has 7 heteroatoms. The molecule has 0 aromatic heterocycles. The number of carboxylic acids is 1. The highest BCUT2D eigenvalue weighted by molar-refractivity contribution is 5.82. The van der Waals surface area contributed by atoms with Gasteiger partial charge in [-0.15, -0.1) is 0 Å². The van der Waals surface area contributed by atoms with E-state index in [1.54, 1.807) is 34.6 Å². The Labute approximate surface area is 123 Å². The third kappa shape index (κ3) is 2.18. The molecule has 1 N–H and O–H groups in total. The molecule has 2 fully saturated rings. The number of carbonyl (C=O) groups is 2. The Balaban J connectivity index is 2.32. The number of rotatable bonds is 1. The maximum absolute atomic E-state index is 15.2. The maximum Gasteiger partial charge on any atom is 0.410 e. The Morgan fingerprint density at radius 1 is 1.29 bits per heavy atom. The molecule has 0 aromatic rings. The Hall–Kier alpha value is -1.37. The van der Waals surface area contributed by atoms with E-state index in [-0.39, 0.29) is 19.7 Å². The molecule has 0 aromatic carbocycles. The predicted molar refractivity (Wildman–Crippen MR) is 71.7 cm³/mol. The normalized spacial score (nSPS) is 34.7. The van der Waals surface area contributed by atoms with Crippen LogP contribution in [0.25, 0.3) is 0 Å². The van der Waals surface area contributed by atoms with Gasteiger partial charge in [0.1, 0.15) is 5.60 Å². The molecule has 1 amide bonds. The molecule has 120 valence electrons. The van der Waals surface area contributed by atoms with E-state index in [1.807, 2.05) is 0 Å². The highest BCUT2D eigenvalue weighted by Gasteiger charge is 2.76. The molecule has 2 rings (SSSR count). The first-order valence-corrected chi connectivity index (χ1v) is 6.89. The van der Waals surface area contributed by atoms with Crippen LogP contribution >= 0.6 is 0 Å². The Bertz CT molecular complexity index is 486. The van der Waals surface area contributed by atoms with Crippen LogP contribution in [0.4, 0.5) is 9.18 Å². The lowest BCUT2D eigenvalue weighted by Crippen LogP contribution is -2.56.